The predicted molar refractivity (Wildman–Crippen MR) is 169 cm³/mol. The van der Waals surface area contributed by atoms with Crippen molar-refractivity contribution in [1.82, 2.24) is 19.4 Å². The average molecular weight is 603 g/mol. The first-order chi connectivity index (χ1) is 20.5. The molecule has 0 saturated carbocycles. The van der Waals surface area contributed by atoms with Gasteiger partial charge in [0.2, 0.25) is 15.9 Å². The summed E-state index contributed by atoms with van der Waals surface area (Å²) >= 11 is 0. The molecule has 3 aromatic rings. The maximum absolute atomic E-state index is 13.7. The first-order valence-corrected chi connectivity index (χ1v) is 16.5. The molecule has 43 heavy (non-hydrogen) atoms. The van der Waals surface area contributed by atoms with Gasteiger partial charge >= 0.3 is 6.03 Å². The zero-order valence-electron chi connectivity index (χ0n) is 25.9. The van der Waals surface area contributed by atoms with Gasteiger partial charge in [0.25, 0.3) is 0 Å². The van der Waals surface area contributed by atoms with Gasteiger partial charge in [0.15, 0.2) is 0 Å². The van der Waals surface area contributed by atoms with Gasteiger partial charge in [-0.15, -0.1) is 0 Å². The Kier molecular flexibility index (Phi) is 8.94. The monoisotopic (exact) mass is 602 g/mol. The van der Waals surface area contributed by atoms with Gasteiger partial charge in [-0.1, -0.05) is 48.5 Å². The van der Waals surface area contributed by atoms with Crippen molar-refractivity contribution in [3.8, 4) is 11.1 Å². The van der Waals surface area contributed by atoms with Crippen LogP contribution in [0.2, 0.25) is 0 Å². The minimum Gasteiger partial charge on any atom is -0.338 e. The third kappa shape index (κ3) is 6.19. The summed E-state index contributed by atoms with van der Waals surface area (Å²) in [6.45, 7) is 12.7. The van der Waals surface area contributed by atoms with Crippen LogP contribution in [0.3, 0.4) is 0 Å². The van der Waals surface area contributed by atoms with Crippen LogP contribution < -0.4 is 5.32 Å². The van der Waals surface area contributed by atoms with E-state index in [1.54, 1.807) is 4.90 Å². The van der Waals surface area contributed by atoms with Crippen molar-refractivity contribution in [1.29, 1.82) is 0 Å². The smallest absolute Gasteiger partial charge is 0.317 e. The van der Waals surface area contributed by atoms with Crippen molar-refractivity contribution in [3.63, 3.8) is 0 Å². The van der Waals surface area contributed by atoms with Crippen LogP contribution in [0.1, 0.15) is 51.8 Å². The van der Waals surface area contributed by atoms with Crippen LogP contribution in [0.15, 0.2) is 53.4 Å². The van der Waals surface area contributed by atoms with E-state index in [9.17, 15) is 18.0 Å². The molecule has 8 nitrogen and oxygen atoms in total. The van der Waals surface area contributed by atoms with Gasteiger partial charge in [0.1, 0.15) is 0 Å². The highest BCUT2D eigenvalue weighted by molar-refractivity contribution is 7.89. The molecule has 228 valence electrons. The van der Waals surface area contributed by atoms with E-state index in [4.69, 9.17) is 0 Å². The largest absolute Gasteiger partial charge is 0.338 e. The van der Waals surface area contributed by atoms with Crippen molar-refractivity contribution < 1.29 is 18.0 Å². The molecule has 0 unspecified atom stereocenters. The van der Waals surface area contributed by atoms with E-state index in [0.717, 1.165) is 63.0 Å². The second-order valence-corrected chi connectivity index (χ2v) is 13.7. The molecule has 2 aliphatic rings. The van der Waals surface area contributed by atoms with Crippen LogP contribution in [0.25, 0.3) is 11.1 Å². The molecule has 9 heteroatoms. The minimum atomic E-state index is -3.68. The van der Waals surface area contributed by atoms with Crippen molar-refractivity contribution in [3.05, 3.63) is 87.5 Å². The molecule has 0 bridgehead atoms. The Morgan fingerprint density at radius 2 is 1.40 bits per heavy atom. The molecule has 2 heterocycles. The molecule has 5 rings (SSSR count). The number of nitrogens with zero attached hydrogens (tertiary/aromatic N) is 3. The summed E-state index contributed by atoms with van der Waals surface area (Å²) in [5, 5.41) is 3.04. The molecule has 0 radical (unpaired) electrons. The number of rotatable bonds is 7. The van der Waals surface area contributed by atoms with Gasteiger partial charge < -0.3 is 15.1 Å². The zero-order valence-corrected chi connectivity index (χ0v) is 26.7. The fourth-order valence-corrected chi connectivity index (χ4v) is 8.22. The van der Waals surface area contributed by atoms with E-state index in [0.29, 0.717) is 37.5 Å². The van der Waals surface area contributed by atoms with Gasteiger partial charge in [-0.25, -0.2) is 13.2 Å². The highest BCUT2D eigenvalue weighted by Crippen LogP contribution is 2.32. The first-order valence-electron chi connectivity index (χ1n) is 15.0. The molecule has 0 aliphatic carbocycles. The number of benzene rings is 3. The number of carbonyl (C=O) groups is 2. The third-order valence-electron chi connectivity index (χ3n) is 9.31. The van der Waals surface area contributed by atoms with Crippen LogP contribution in [0, 0.1) is 34.6 Å². The number of likely N-dealkylation sites (tertiary alicyclic amines) is 1. The summed E-state index contributed by atoms with van der Waals surface area (Å²) < 4.78 is 28.9. The summed E-state index contributed by atoms with van der Waals surface area (Å²) in [5.74, 6) is 0.217. The summed E-state index contributed by atoms with van der Waals surface area (Å²) in [7, 11) is -3.68. The highest BCUT2D eigenvalue weighted by Gasteiger charge is 2.33. The number of piperazine rings is 1. The third-order valence-corrected chi connectivity index (χ3v) is 11.5. The summed E-state index contributed by atoms with van der Waals surface area (Å²) in [6, 6.07) is 16.0. The lowest BCUT2D eigenvalue weighted by molar-refractivity contribution is -0.128. The van der Waals surface area contributed by atoms with Gasteiger partial charge in [-0.05, 0) is 91.1 Å². The summed E-state index contributed by atoms with van der Waals surface area (Å²) in [6.07, 6.45) is 1.56. The number of hydrogen-bond donors (Lipinski definition) is 1. The van der Waals surface area contributed by atoms with E-state index in [2.05, 4.69) is 29.6 Å². The molecule has 3 amide bonds. The number of hydrogen-bond acceptors (Lipinski definition) is 4. The number of amides is 3. The molecular weight excluding hydrogens is 560 g/mol. The topological polar surface area (TPSA) is 90.0 Å². The number of nitrogens with one attached hydrogen (secondary N) is 1. The van der Waals surface area contributed by atoms with E-state index in [1.807, 2.05) is 63.8 Å². The zero-order chi connectivity index (χ0) is 30.9. The van der Waals surface area contributed by atoms with E-state index < -0.39 is 10.0 Å². The second kappa shape index (κ2) is 12.5. The molecule has 3 aromatic carbocycles. The number of urea groups is 1. The van der Waals surface area contributed by atoms with E-state index >= 15 is 0 Å². The fourth-order valence-electron chi connectivity index (χ4n) is 6.23. The Labute approximate surface area is 255 Å². The first kappa shape index (κ1) is 30.8. The molecule has 0 atom stereocenters. The molecule has 0 aromatic heterocycles. The predicted octanol–water partition coefficient (Wildman–Crippen LogP) is 5.23. The van der Waals surface area contributed by atoms with Crippen LogP contribution in [0.5, 0.6) is 0 Å². The lowest BCUT2D eigenvalue weighted by Gasteiger charge is -2.35. The molecule has 2 fully saturated rings. The molecular formula is C34H42N4O4S. The quantitative estimate of drug-likeness (QED) is 0.401. The molecule has 1 N–H and O–H groups in total. The van der Waals surface area contributed by atoms with Crippen molar-refractivity contribution in [2.24, 2.45) is 0 Å². The lowest BCUT2D eigenvalue weighted by Crippen LogP contribution is -2.53. The Hall–Kier alpha value is -3.69. The van der Waals surface area contributed by atoms with E-state index in [1.165, 1.54) is 4.31 Å². The average Bonchev–Trinajstić information content (AvgIpc) is 3.42. The number of sulfonamides is 1. The van der Waals surface area contributed by atoms with Crippen LogP contribution in [-0.4, -0.2) is 67.2 Å². The van der Waals surface area contributed by atoms with Gasteiger partial charge in [0, 0.05) is 52.2 Å². The highest BCUT2D eigenvalue weighted by atomic mass is 32.2. The Bertz CT molecular complexity index is 1610. The van der Waals surface area contributed by atoms with Crippen LogP contribution in [0.4, 0.5) is 4.79 Å². The number of carbonyl (C=O) groups excluding carboxylic acids is 2. The normalized spacial score (nSPS) is 16.2. The maximum atomic E-state index is 13.7. The van der Waals surface area contributed by atoms with Crippen LogP contribution >= 0.6 is 0 Å². The standard InChI is InChI=1S/C34H42N4O4S/c1-23-24(2)26(4)33(27(5)25(23)3)43(41,42)38-19-17-36(18-20-38)34(40)35-21-30-9-6-7-10-31(30)29-14-12-28(13-15-29)22-37-16-8-11-32(37)39/h6-7,9-10,12-15H,8,11,16-22H2,1-5H3,(H,35,40). The molecule has 2 aliphatic heterocycles. The Morgan fingerprint density at radius 3 is 2.00 bits per heavy atom. The van der Waals surface area contributed by atoms with Gasteiger partial charge in [0.05, 0.1) is 4.90 Å². The van der Waals surface area contributed by atoms with Crippen molar-refractivity contribution in [2.45, 2.75) is 65.4 Å². The second-order valence-electron chi connectivity index (χ2n) is 11.8. The van der Waals surface area contributed by atoms with Crippen molar-refractivity contribution in [2.75, 3.05) is 32.7 Å². The minimum absolute atomic E-state index is 0.202. The Balaban J connectivity index is 1.20. The molecule has 0 spiro atoms. The fraction of sp³-hybridized carbons (Fsp3) is 0.412. The van der Waals surface area contributed by atoms with Gasteiger partial charge in [-0.3, -0.25) is 4.79 Å². The maximum Gasteiger partial charge on any atom is 0.317 e. The van der Waals surface area contributed by atoms with Gasteiger partial charge in [-0.2, -0.15) is 4.31 Å². The van der Waals surface area contributed by atoms with Crippen LogP contribution in [-0.2, 0) is 27.9 Å². The van der Waals surface area contributed by atoms with Crippen molar-refractivity contribution >= 4 is 22.0 Å². The molecule has 2 saturated heterocycles. The summed E-state index contributed by atoms with van der Waals surface area (Å²) in [4.78, 5) is 29.1. The SMILES string of the molecule is Cc1c(C)c(C)c(S(=O)(=O)N2CCN(C(=O)NCc3ccccc3-c3ccc(CN4CCCC4=O)cc3)CC2)c(C)c1C. The lowest BCUT2D eigenvalue weighted by atomic mass is 9.95. The van der Waals surface area contributed by atoms with E-state index in [-0.39, 0.29) is 25.0 Å². The summed E-state index contributed by atoms with van der Waals surface area (Å²) in [5.41, 5.74) is 8.93. The Morgan fingerprint density at radius 1 is 0.791 bits per heavy atom.